The molecule has 0 bridgehead atoms. The standard InChI is InChI=1S/C14H9ClN4/c1-8-6-18-14(15)19-13(8)11-7-17-12-4-9(5-16)2-3-10(11)12/h2-4,6-7,17H,1H3. The summed E-state index contributed by atoms with van der Waals surface area (Å²) in [6.45, 7) is 1.94. The normalized spacial score (nSPS) is 10.6. The largest absolute Gasteiger partial charge is 0.360 e. The number of hydrogen-bond acceptors (Lipinski definition) is 3. The first-order valence-electron chi connectivity index (χ1n) is 5.70. The highest BCUT2D eigenvalue weighted by Crippen LogP contribution is 2.30. The summed E-state index contributed by atoms with van der Waals surface area (Å²) in [6, 6.07) is 7.64. The predicted molar refractivity (Wildman–Crippen MR) is 73.8 cm³/mol. The molecule has 0 spiro atoms. The second kappa shape index (κ2) is 4.38. The lowest BCUT2D eigenvalue weighted by Gasteiger charge is -2.03. The highest BCUT2D eigenvalue weighted by Gasteiger charge is 2.11. The Morgan fingerprint density at radius 2 is 2.21 bits per heavy atom. The Bertz CT molecular complexity index is 814. The molecular weight excluding hydrogens is 260 g/mol. The van der Waals surface area contributed by atoms with Gasteiger partial charge in [-0.1, -0.05) is 6.07 Å². The molecule has 1 aromatic carbocycles. The van der Waals surface area contributed by atoms with Crippen molar-refractivity contribution in [3.8, 4) is 17.3 Å². The van der Waals surface area contributed by atoms with Crippen LogP contribution < -0.4 is 0 Å². The summed E-state index contributed by atoms with van der Waals surface area (Å²) in [5.41, 5.74) is 4.24. The average Bonchev–Trinajstić information content (AvgIpc) is 2.84. The Kier molecular flexibility index (Phi) is 2.69. The van der Waals surface area contributed by atoms with Crippen molar-refractivity contribution >= 4 is 22.5 Å². The van der Waals surface area contributed by atoms with Gasteiger partial charge in [0.15, 0.2) is 0 Å². The van der Waals surface area contributed by atoms with Gasteiger partial charge in [-0.2, -0.15) is 5.26 Å². The molecule has 0 atom stereocenters. The highest BCUT2D eigenvalue weighted by molar-refractivity contribution is 6.28. The summed E-state index contributed by atoms with van der Waals surface area (Å²) < 4.78 is 0. The van der Waals surface area contributed by atoms with Gasteiger partial charge in [-0.25, -0.2) is 9.97 Å². The zero-order valence-corrected chi connectivity index (χ0v) is 10.9. The number of nitrogens with one attached hydrogen (secondary N) is 1. The monoisotopic (exact) mass is 268 g/mol. The third kappa shape index (κ3) is 1.94. The van der Waals surface area contributed by atoms with Crippen molar-refractivity contribution < 1.29 is 0 Å². The third-order valence-corrected chi connectivity index (χ3v) is 3.19. The van der Waals surface area contributed by atoms with Gasteiger partial charge in [0.25, 0.3) is 0 Å². The maximum absolute atomic E-state index is 8.90. The average molecular weight is 269 g/mol. The van der Waals surface area contributed by atoms with Gasteiger partial charge in [0.05, 0.1) is 17.3 Å². The van der Waals surface area contributed by atoms with Crippen molar-refractivity contribution in [3.05, 3.63) is 47.0 Å². The van der Waals surface area contributed by atoms with Crippen molar-refractivity contribution in [2.45, 2.75) is 6.92 Å². The number of fused-ring (bicyclic) bond motifs is 1. The second-order valence-electron chi connectivity index (χ2n) is 4.25. The second-order valence-corrected chi connectivity index (χ2v) is 4.58. The lowest BCUT2D eigenvalue weighted by atomic mass is 10.1. The van der Waals surface area contributed by atoms with E-state index in [-0.39, 0.29) is 5.28 Å². The van der Waals surface area contributed by atoms with Crippen LogP contribution in [0.5, 0.6) is 0 Å². The number of benzene rings is 1. The van der Waals surface area contributed by atoms with Crippen LogP contribution in [0.15, 0.2) is 30.6 Å². The number of nitriles is 1. The van der Waals surface area contributed by atoms with Gasteiger partial charge in [-0.3, -0.25) is 0 Å². The van der Waals surface area contributed by atoms with Gasteiger partial charge >= 0.3 is 0 Å². The van der Waals surface area contributed by atoms with Crippen molar-refractivity contribution in [3.63, 3.8) is 0 Å². The molecule has 0 fully saturated rings. The van der Waals surface area contributed by atoms with Gasteiger partial charge in [0.1, 0.15) is 0 Å². The molecule has 0 aliphatic heterocycles. The number of aromatic nitrogens is 3. The van der Waals surface area contributed by atoms with Crippen molar-refractivity contribution in [1.29, 1.82) is 5.26 Å². The van der Waals surface area contributed by atoms with Gasteiger partial charge in [-0.15, -0.1) is 0 Å². The van der Waals surface area contributed by atoms with E-state index in [0.717, 1.165) is 27.7 Å². The smallest absolute Gasteiger partial charge is 0.222 e. The van der Waals surface area contributed by atoms with Gasteiger partial charge < -0.3 is 4.98 Å². The van der Waals surface area contributed by atoms with E-state index in [0.29, 0.717) is 5.56 Å². The zero-order valence-electron chi connectivity index (χ0n) is 10.1. The summed E-state index contributed by atoms with van der Waals surface area (Å²) in [5, 5.41) is 10.1. The maximum Gasteiger partial charge on any atom is 0.222 e. The van der Waals surface area contributed by atoms with Gasteiger partial charge in [0.2, 0.25) is 5.28 Å². The molecule has 92 valence electrons. The minimum atomic E-state index is 0.226. The quantitative estimate of drug-likeness (QED) is 0.687. The van der Waals surface area contributed by atoms with Gasteiger partial charge in [0, 0.05) is 28.9 Å². The molecule has 5 heteroatoms. The number of aromatic amines is 1. The fourth-order valence-corrected chi connectivity index (χ4v) is 2.22. The summed E-state index contributed by atoms with van der Waals surface area (Å²) in [4.78, 5) is 11.4. The van der Waals surface area contributed by atoms with Crippen LogP contribution in [0.1, 0.15) is 11.1 Å². The number of rotatable bonds is 1. The van der Waals surface area contributed by atoms with Crippen LogP contribution >= 0.6 is 11.6 Å². The van der Waals surface area contributed by atoms with Gasteiger partial charge in [-0.05, 0) is 36.2 Å². The van der Waals surface area contributed by atoms with E-state index in [4.69, 9.17) is 16.9 Å². The minimum absolute atomic E-state index is 0.226. The first-order valence-corrected chi connectivity index (χ1v) is 6.07. The molecule has 0 saturated heterocycles. The Hall–Kier alpha value is -2.38. The number of H-pyrrole nitrogens is 1. The Morgan fingerprint density at radius 1 is 1.37 bits per heavy atom. The predicted octanol–water partition coefficient (Wildman–Crippen LogP) is 3.46. The van der Waals surface area contributed by atoms with E-state index in [9.17, 15) is 0 Å². The van der Waals surface area contributed by atoms with Crippen LogP contribution in [0.4, 0.5) is 0 Å². The van der Waals surface area contributed by atoms with E-state index in [2.05, 4.69) is 21.0 Å². The van der Waals surface area contributed by atoms with E-state index in [1.165, 1.54) is 0 Å². The molecule has 0 aliphatic rings. The third-order valence-electron chi connectivity index (χ3n) is 3.01. The molecule has 19 heavy (non-hydrogen) atoms. The first-order chi connectivity index (χ1) is 9.19. The Morgan fingerprint density at radius 3 is 3.00 bits per heavy atom. The first kappa shape index (κ1) is 11.7. The maximum atomic E-state index is 8.90. The SMILES string of the molecule is Cc1cnc(Cl)nc1-c1c[nH]c2cc(C#N)ccc12. The van der Waals surface area contributed by atoms with Crippen LogP contribution in [-0.4, -0.2) is 15.0 Å². The molecule has 0 aliphatic carbocycles. The molecule has 0 unspecified atom stereocenters. The van der Waals surface area contributed by atoms with Crippen molar-refractivity contribution in [1.82, 2.24) is 15.0 Å². The van der Waals surface area contributed by atoms with Crippen LogP contribution in [0.25, 0.3) is 22.2 Å². The minimum Gasteiger partial charge on any atom is -0.360 e. The number of hydrogen-bond donors (Lipinski definition) is 1. The molecule has 1 N–H and O–H groups in total. The number of halogens is 1. The van der Waals surface area contributed by atoms with Crippen LogP contribution in [-0.2, 0) is 0 Å². The molecule has 3 rings (SSSR count). The number of nitrogens with zero attached hydrogens (tertiary/aromatic N) is 3. The summed E-state index contributed by atoms with van der Waals surface area (Å²) in [7, 11) is 0. The molecule has 0 radical (unpaired) electrons. The number of aryl methyl sites for hydroxylation is 1. The van der Waals surface area contributed by atoms with Crippen LogP contribution in [0.2, 0.25) is 5.28 Å². The van der Waals surface area contributed by atoms with Crippen molar-refractivity contribution in [2.75, 3.05) is 0 Å². The van der Waals surface area contributed by atoms with Crippen molar-refractivity contribution in [2.24, 2.45) is 0 Å². The molecule has 0 amide bonds. The fraction of sp³-hybridized carbons (Fsp3) is 0.0714. The fourth-order valence-electron chi connectivity index (χ4n) is 2.08. The van der Waals surface area contributed by atoms with E-state index >= 15 is 0 Å². The lowest BCUT2D eigenvalue weighted by Crippen LogP contribution is -1.90. The molecule has 2 aromatic heterocycles. The van der Waals surface area contributed by atoms with Crippen LogP contribution in [0, 0.1) is 18.3 Å². The molecule has 4 nitrogen and oxygen atoms in total. The Labute approximate surface area is 114 Å². The topological polar surface area (TPSA) is 65.4 Å². The van der Waals surface area contributed by atoms with E-state index < -0.39 is 0 Å². The zero-order chi connectivity index (χ0) is 13.4. The molecular formula is C14H9ClN4. The summed E-state index contributed by atoms with van der Waals surface area (Å²) in [5.74, 6) is 0. The van der Waals surface area contributed by atoms with Crippen LogP contribution in [0.3, 0.4) is 0 Å². The van der Waals surface area contributed by atoms with E-state index in [1.54, 1.807) is 12.3 Å². The highest BCUT2D eigenvalue weighted by atomic mass is 35.5. The summed E-state index contributed by atoms with van der Waals surface area (Å²) >= 11 is 5.86. The molecule has 0 saturated carbocycles. The lowest BCUT2D eigenvalue weighted by molar-refractivity contribution is 1.14. The van der Waals surface area contributed by atoms with E-state index in [1.807, 2.05) is 25.3 Å². The summed E-state index contributed by atoms with van der Waals surface area (Å²) in [6.07, 6.45) is 3.57. The molecule has 2 heterocycles. The Balaban J connectivity index is 2.26. The molecule has 3 aromatic rings.